The molecule has 10 heterocycles. The van der Waals surface area contributed by atoms with Gasteiger partial charge in [0.1, 0.15) is 23.0 Å². The van der Waals surface area contributed by atoms with E-state index in [1.165, 1.54) is 0 Å². The van der Waals surface area contributed by atoms with Crippen LogP contribution in [0.5, 0.6) is 23.0 Å². The molecule has 0 saturated carbocycles. The minimum absolute atomic E-state index is 0.0331. The third kappa shape index (κ3) is 17.1. The largest absolute Gasteiger partial charge is 0.493 e. The molecule has 0 saturated heterocycles. The quantitative estimate of drug-likeness (QED) is 0.0490. The number of hydrogen-bond donors (Lipinski definition) is 4. The highest BCUT2D eigenvalue weighted by Gasteiger charge is 2.75. The maximum Gasteiger partial charge on any atom is 0.460 e. The monoisotopic (exact) mass is 1550 g/mol. The first-order valence-corrected chi connectivity index (χ1v) is 35.9. The molecule has 0 fully saturated rings. The molecule has 0 amide bonds. The van der Waals surface area contributed by atoms with Gasteiger partial charge in [0.2, 0.25) is 0 Å². The summed E-state index contributed by atoms with van der Waals surface area (Å²) in [5, 5.41) is 0. The number of aromatic amines is 4. The van der Waals surface area contributed by atoms with E-state index in [2.05, 4.69) is 131 Å². The fourth-order valence-electron chi connectivity index (χ4n) is 12.5. The predicted molar refractivity (Wildman–Crippen MR) is 411 cm³/mol. The molecule has 0 radical (unpaired) electrons. The number of nitrogens with one attached hydrogen (secondary N) is 4. The van der Waals surface area contributed by atoms with Crippen LogP contribution in [0.1, 0.15) is 182 Å². The predicted octanol–water partition coefficient (Wildman–Crippen LogP) is 24.2. The molecule has 16 bridgehead atoms. The molecule has 4 N–H and O–H groups in total. The Hall–Kier alpha value is -11.0. The Morgan fingerprint density at radius 3 is 1.02 bits per heavy atom. The summed E-state index contributed by atoms with van der Waals surface area (Å²) >= 11 is 0. The summed E-state index contributed by atoms with van der Waals surface area (Å²) in [5.41, 5.74) is -7.95. The molecule has 12 rings (SSSR count). The number of terminal acetylenes is 1. The number of aromatic nitrogens is 8. The lowest BCUT2D eigenvalue weighted by Gasteiger charge is -2.28. The van der Waals surface area contributed by atoms with Crippen molar-refractivity contribution in [3.8, 4) is 69.4 Å². The lowest BCUT2D eigenvalue weighted by Crippen LogP contribution is -2.50. The number of fused-ring (bicyclic) bond motifs is 16. The van der Waals surface area contributed by atoms with Crippen LogP contribution in [0.4, 0.5) is 61.5 Å². The van der Waals surface area contributed by atoms with Crippen LogP contribution in [0.3, 0.4) is 0 Å². The molecule has 26 heteroatoms. The average Bonchev–Trinajstić information content (AvgIpc) is 1.34. The van der Waals surface area contributed by atoms with Gasteiger partial charge < -0.3 is 38.9 Å². The number of H-pyrrole nitrogens is 4. The van der Waals surface area contributed by atoms with Crippen LogP contribution in [0.25, 0.3) is 115 Å². The molecule has 6 aromatic heterocycles. The molecule has 4 aliphatic rings. The topological polar surface area (TPSA) is 152 Å². The Bertz CT molecular complexity index is 5420. The van der Waals surface area contributed by atoms with Crippen LogP contribution in [0.15, 0.2) is 91.0 Å². The van der Waals surface area contributed by atoms with E-state index < -0.39 is 103 Å². The van der Waals surface area contributed by atoms with Gasteiger partial charge in [-0.2, -0.15) is 61.5 Å². The zero-order valence-corrected chi connectivity index (χ0v) is 63.2. The van der Waals surface area contributed by atoms with E-state index >= 15 is 35.1 Å². The van der Waals surface area contributed by atoms with Crippen LogP contribution in [0.2, 0.25) is 0 Å². The summed E-state index contributed by atoms with van der Waals surface area (Å²) < 4.78 is 242. The summed E-state index contributed by atoms with van der Waals surface area (Å²) in [5.74, 6) is -16.2. The van der Waals surface area contributed by atoms with Crippen molar-refractivity contribution in [1.82, 2.24) is 39.9 Å². The van der Waals surface area contributed by atoms with Crippen LogP contribution in [-0.2, 0) is 11.8 Å². The maximum absolute atomic E-state index is 16.8. The number of ether oxygens (including phenoxy) is 4. The van der Waals surface area contributed by atoms with E-state index in [1.807, 2.05) is 54.6 Å². The first-order valence-electron chi connectivity index (χ1n) is 35.9. The maximum atomic E-state index is 16.8. The Morgan fingerprint density at radius 2 is 0.634 bits per heavy atom. The first-order chi connectivity index (χ1) is 52.2. The van der Waals surface area contributed by atoms with Crippen LogP contribution < -0.4 is 18.9 Å². The second-order valence-corrected chi connectivity index (χ2v) is 32.6. The number of nitrogens with zero attached hydrogens (tertiary/aromatic N) is 4. The molecule has 586 valence electrons. The molecule has 112 heavy (non-hydrogen) atoms. The van der Waals surface area contributed by atoms with Gasteiger partial charge in [-0.05, 0) is 186 Å². The molecule has 0 aliphatic carbocycles. The summed E-state index contributed by atoms with van der Waals surface area (Å²) in [7, 11) is 0. The summed E-state index contributed by atoms with van der Waals surface area (Å²) in [6.07, 6.45) is 4.48. The highest BCUT2D eigenvalue weighted by molar-refractivity contribution is 5.96. The first kappa shape index (κ1) is 80.5. The molecule has 4 aliphatic heterocycles. The van der Waals surface area contributed by atoms with Crippen molar-refractivity contribution in [3.05, 3.63) is 164 Å². The fourth-order valence-corrected chi connectivity index (χ4v) is 12.5. The van der Waals surface area contributed by atoms with E-state index in [1.54, 1.807) is 36.4 Å². The van der Waals surface area contributed by atoms with Crippen molar-refractivity contribution in [2.45, 2.75) is 145 Å². The van der Waals surface area contributed by atoms with Crippen molar-refractivity contribution in [3.63, 3.8) is 0 Å². The van der Waals surface area contributed by atoms with E-state index in [9.17, 15) is 26.3 Å². The fraction of sp³-hybridized carbons (Fsp3) is 0.349. The summed E-state index contributed by atoms with van der Waals surface area (Å²) in [4.78, 5) is 30.4. The summed E-state index contributed by atoms with van der Waals surface area (Å²) in [6.45, 7) is 26.3. The number of halogens is 14. The van der Waals surface area contributed by atoms with Crippen LogP contribution in [-0.4, -0.2) is 90.5 Å². The molecule has 8 aromatic rings. The highest BCUT2D eigenvalue weighted by atomic mass is 19.4. The van der Waals surface area contributed by atoms with Gasteiger partial charge in [0.15, 0.2) is 0 Å². The van der Waals surface area contributed by atoms with Gasteiger partial charge in [-0.3, -0.25) is 0 Å². The Balaban J connectivity index is 1.22. The van der Waals surface area contributed by atoms with Gasteiger partial charge in [-0.1, -0.05) is 101 Å². The molecule has 12 nitrogen and oxygen atoms in total. The van der Waals surface area contributed by atoms with Gasteiger partial charge >= 0.3 is 36.0 Å². The third-order valence-corrected chi connectivity index (χ3v) is 18.7. The second kappa shape index (κ2) is 29.6. The molecule has 0 atom stereocenters. The van der Waals surface area contributed by atoms with Gasteiger partial charge in [0.05, 0.1) is 127 Å². The van der Waals surface area contributed by atoms with Crippen molar-refractivity contribution >= 4 is 92.7 Å². The van der Waals surface area contributed by atoms with E-state index in [4.69, 9.17) is 35.3 Å². The normalized spacial score (nSPS) is 13.7. The lowest BCUT2D eigenvalue weighted by atomic mass is 9.93. The Labute approximate surface area is 637 Å². The van der Waals surface area contributed by atoms with E-state index in [0.29, 0.717) is 155 Å². The van der Waals surface area contributed by atoms with E-state index in [0.717, 1.165) is 24.3 Å². The third-order valence-electron chi connectivity index (χ3n) is 18.7. The van der Waals surface area contributed by atoms with Gasteiger partial charge in [-0.15, -0.1) is 6.42 Å². The van der Waals surface area contributed by atoms with Crippen LogP contribution >= 0.6 is 0 Å². The smallest absolute Gasteiger partial charge is 0.460 e. The Morgan fingerprint density at radius 1 is 0.330 bits per heavy atom. The SMILES string of the molecule is C#Cc1c2nc(c(C(F)(F)C(F)(F)C(F)(F)F)c3ccc([nH]3)c(C#Cc3c4nc(c(-c5cc(OCCC(C)(C)C)cc(OCCC(C)(C)C)c5)c5ccc(cc6nc(c(-c7cc(OCCC(C)(C)C)cc(OCCC(C)(C)C)c7)c7ccc3[nH]7)C=C6)[nH]5)C=C4)c3nc(c(C(F)(F)C(F)(F)C(F)(F)F)c4ccc1[nH]4)C=C3)C=C2. The van der Waals surface area contributed by atoms with Crippen molar-refractivity contribution in [2.24, 2.45) is 21.7 Å². The second-order valence-electron chi connectivity index (χ2n) is 32.6. The Kier molecular flexibility index (Phi) is 21.3. The number of hydrogen-bond acceptors (Lipinski definition) is 8. The standard InChI is InChI=1S/C86H80F14N8O4/c1-14-56-59-23-29-69(105-59)75(81(87,88)83(91,92)85(95,96)97)71-31-25-63(107-71)58(64-26-32-72(108-64)76(70-30-24-60(56)106-70)82(89,90)84(93,94)86(98,99)100)18-17-57-61-21-27-67(103-61)73(48-41-52(109-37-33-77(2,3)4)46-53(42-48)110-38-34-78(5,6)7)65-19-15-50(101-65)45-51-16-20-66(102-51)74(68-28-22-62(57)104-68)49-43-54(111-39-35-79(8,9)10)47-55(44-49)112-40-36-80(11,12)13/h1,15-16,19-32,41-47,101,104-105,108H,33-40H2,2-13H3. The van der Waals surface area contributed by atoms with Crippen molar-refractivity contribution < 1.29 is 80.4 Å². The van der Waals surface area contributed by atoms with E-state index in [-0.39, 0.29) is 38.4 Å². The van der Waals surface area contributed by atoms with Crippen molar-refractivity contribution in [1.29, 1.82) is 0 Å². The van der Waals surface area contributed by atoms with Gasteiger partial charge in [0, 0.05) is 39.8 Å². The number of alkyl halides is 14. The zero-order valence-electron chi connectivity index (χ0n) is 63.2. The van der Waals surface area contributed by atoms with Gasteiger partial charge in [-0.25, -0.2) is 19.9 Å². The molecular weight excluding hydrogens is 1470 g/mol. The zero-order chi connectivity index (χ0) is 81.3. The minimum atomic E-state index is -6.91. The van der Waals surface area contributed by atoms with Crippen LogP contribution in [0, 0.1) is 45.8 Å². The molecule has 0 spiro atoms. The summed E-state index contributed by atoms with van der Waals surface area (Å²) in [6, 6.07) is 22.8. The molecular formula is C86H80F14N8O4. The highest BCUT2D eigenvalue weighted by Crippen LogP contribution is 2.56. The molecule has 0 unspecified atom stereocenters. The van der Waals surface area contributed by atoms with Crippen molar-refractivity contribution in [2.75, 3.05) is 26.4 Å². The average molecular weight is 1560 g/mol. The van der Waals surface area contributed by atoms with Gasteiger partial charge in [0.25, 0.3) is 0 Å². The number of rotatable bonds is 18. The number of benzene rings is 2. The minimum Gasteiger partial charge on any atom is -0.493 e. The molecule has 2 aromatic carbocycles. The lowest BCUT2D eigenvalue weighted by molar-refractivity contribution is -0.359.